The van der Waals surface area contributed by atoms with Crippen LogP contribution < -0.4 is 5.32 Å². The van der Waals surface area contributed by atoms with Crippen molar-refractivity contribution < 1.29 is 14.3 Å². The number of nitrogens with zero attached hydrogens (tertiary/aromatic N) is 3. The van der Waals surface area contributed by atoms with E-state index in [1.54, 1.807) is 15.6 Å². The molecule has 0 radical (unpaired) electrons. The fourth-order valence-electron chi connectivity index (χ4n) is 3.62. The van der Waals surface area contributed by atoms with Gasteiger partial charge in [-0.1, -0.05) is 0 Å². The monoisotopic (exact) mass is 348 g/mol. The first kappa shape index (κ1) is 17.8. The Hall–Kier alpha value is -2.05. The van der Waals surface area contributed by atoms with Crippen LogP contribution in [0.2, 0.25) is 0 Å². The summed E-state index contributed by atoms with van der Waals surface area (Å²) in [6.07, 6.45) is 0.847. The van der Waals surface area contributed by atoms with Crippen molar-refractivity contribution >= 4 is 12.0 Å². The number of likely N-dealkylation sites (tertiary alicyclic amines) is 1. The van der Waals surface area contributed by atoms with E-state index in [0.29, 0.717) is 30.6 Å². The number of carbonyl (C=O) groups is 2. The van der Waals surface area contributed by atoms with Gasteiger partial charge in [0.25, 0.3) is 5.91 Å². The smallest absolute Gasteiger partial charge is 0.410 e. The average molecular weight is 348 g/mol. The number of ether oxygens (including phenoxy) is 1. The number of carbonyl (C=O) groups excluding carboxylic acids is 2. The highest BCUT2D eigenvalue weighted by atomic mass is 16.6. The number of fused-ring (bicyclic) bond motifs is 1. The van der Waals surface area contributed by atoms with Crippen molar-refractivity contribution in [1.29, 1.82) is 0 Å². The summed E-state index contributed by atoms with van der Waals surface area (Å²) in [5.74, 6) is 0.888. The van der Waals surface area contributed by atoms with Crippen molar-refractivity contribution in [2.75, 3.05) is 13.1 Å². The quantitative estimate of drug-likeness (QED) is 0.905. The molecule has 1 aromatic rings. The van der Waals surface area contributed by atoms with Gasteiger partial charge in [-0.2, -0.15) is 5.10 Å². The summed E-state index contributed by atoms with van der Waals surface area (Å²) < 4.78 is 7.21. The van der Waals surface area contributed by atoms with Gasteiger partial charge < -0.3 is 15.0 Å². The van der Waals surface area contributed by atoms with Crippen LogP contribution in [0.1, 0.15) is 50.3 Å². The number of aryl methyl sites for hydroxylation is 2. The zero-order valence-corrected chi connectivity index (χ0v) is 15.7. The SMILES string of the molecule is CCn1nc(C)cc1C(=O)NC[C@@H]1[C@H]2C[C@H]2CN1C(=O)OC(C)(C)C. The second kappa shape index (κ2) is 6.35. The second-order valence-electron chi connectivity index (χ2n) is 8.06. The van der Waals surface area contributed by atoms with Gasteiger partial charge in [-0.05, 0) is 58.9 Å². The van der Waals surface area contributed by atoms with Gasteiger partial charge in [0.15, 0.2) is 0 Å². The third-order valence-electron chi connectivity index (χ3n) is 4.84. The van der Waals surface area contributed by atoms with Gasteiger partial charge >= 0.3 is 6.09 Å². The number of hydrogen-bond acceptors (Lipinski definition) is 4. The zero-order chi connectivity index (χ0) is 18.4. The maximum atomic E-state index is 12.5. The number of piperidine rings is 1. The normalized spacial score (nSPS) is 24.8. The van der Waals surface area contributed by atoms with Crippen LogP contribution in [0.5, 0.6) is 0 Å². The van der Waals surface area contributed by atoms with Crippen LogP contribution in [0, 0.1) is 18.8 Å². The molecule has 7 heteroatoms. The van der Waals surface area contributed by atoms with E-state index in [0.717, 1.165) is 18.7 Å². The summed E-state index contributed by atoms with van der Waals surface area (Å²) in [4.78, 5) is 26.7. The number of rotatable bonds is 4. The van der Waals surface area contributed by atoms with Crippen LogP contribution in [-0.2, 0) is 11.3 Å². The highest BCUT2D eigenvalue weighted by Gasteiger charge is 2.54. The average Bonchev–Trinajstić information content (AvgIpc) is 3.02. The lowest BCUT2D eigenvalue weighted by molar-refractivity contribution is 0.0192. The van der Waals surface area contributed by atoms with Crippen molar-refractivity contribution in [3.05, 3.63) is 17.5 Å². The van der Waals surface area contributed by atoms with Crippen LogP contribution in [-0.4, -0.2) is 51.4 Å². The molecule has 3 rings (SSSR count). The molecule has 2 amide bonds. The Morgan fingerprint density at radius 2 is 2.12 bits per heavy atom. The Kier molecular flexibility index (Phi) is 4.51. The Balaban J connectivity index is 1.63. The molecule has 1 aromatic heterocycles. The minimum absolute atomic E-state index is 0.0166. The maximum Gasteiger partial charge on any atom is 0.410 e. The number of nitrogens with one attached hydrogen (secondary N) is 1. The fourth-order valence-corrected chi connectivity index (χ4v) is 3.62. The molecule has 2 aliphatic rings. The summed E-state index contributed by atoms with van der Waals surface area (Å²) in [5.41, 5.74) is 0.877. The third-order valence-corrected chi connectivity index (χ3v) is 4.84. The number of aromatic nitrogens is 2. The molecular weight excluding hydrogens is 320 g/mol. The third kappa shape index (κ3) is 3.80. The lowest BCUT2D eigenvalue weighted by Crippen LogP contribution is -2.47. The van der Waals surface area contributed by atoms with E-state index >= 15 is 0 Å². The largest absolute Gasteiger partial charge is 0.444 e. The molecule has 138 valence electrons. The van der Waals surface area contributed by atoms with Gasteiger partial charge in [-0.3, -0.25) is 9.48 Å². The summed E-state index contributed by atoms with van der Waals surface area (Å²) >= 11 is 0. The molecule has 3 atom stereocenters. The van der Waals surface area contributed by atoms with Crippen LogP contribution >= 0.6 is 0 Å². The van der Waals surface area contributed by atoms with E-state index in [1.807, 2.05) is 34.6 Å². The number of hydrogen-bond donors (Lipinski definition) is 1. The summed E-state index contributed by atoms with van der Waals surface area (Å²) in [5, 5.41) is 7.29. The molecule has 0 aromatic carbocycles. The molecule has 2 fully saturated rings. The Morgan fingerprint density at radius 3 is 2.76 bits per heavy atom. The molecule has 1 aliphatic carbocycles. The summed E-state index contributed by atoms with van der Waals surface area (Å²) in [7, 11) is 0. The van der Waals surface area contributed by atoms with E-state index in [4.69, 9.17) is 4.74 Å². The molecule has 1 N–H and O–H groups in total. The standard InChI is InChI=1S/C18H28N4O3/c1-6-22-14(7-11(2)20-22)16(23)19-9-15-13-8-12(13)10-21(15)17(24)25-18(3,4)5/h7,12-13,15H,6,8-10H2,1-5H3,(H,19,23)/t12-,13-,15+/m0/s1. The first-order valence-corrected chi connectivity index (χ1v) is 9.02. The fraction of sp³-hybridized carbons (Fsp3) is 0.722. The van der Waals surface area contributed by atoms with Gasteiger partial charge in [0, 0.05) is 19.6 Å². The zero-order valence-electron chi connectivity index (χ0n) is 15.7. The molecule has 0 bridgehead atoms. The predicted octanol–water partition coefficient (Wildman–Crippen LogP) is 2.20. The van der Waals surface area contributed by atoms with Gasteiger partial charge in [-0.25, -0.2) is 4.79 Å². The van der Waals surface area contributed by atoms with Gasteiger partial charge in [-0.15, -0.1) is 0 Å². The van der Waals surface area contributed by atoms with Crippen molar-refractivity contribution in [3.63, 3.8) is 0 Å². The molecular formula is C18H28N4O3. The Bertz CT molecular complexity index is 676. The highest BCUT2D eigenvalue weighted by Crippen LogP contribution is 2.49. The molecule has 0 spiro atoms. The molecule has 2 heterocycles. The first-order valence-electron chi connectivity index (χ1n) is 9.02. The van der Waals surface area contributed by atoms with Crippen LogP contribution in [0.25, 0.3) is 0 Å². The van der Waals surface area contributed by atoms with Crippen molar-refractivity contribution in [2.24, 2.45) is 11.8 Å². The van der Waals surface area contributed by atoms with Crippen molar-refractivity contribution in [3.8, 4) is 0 Å². The van der Waals surface area contributed by atoms with E-state index in [9.17, 15) is 9.59 Å². The number of amides is 2. The lowest BCUT2D eigenvalue weighted by atomic mass is 10.2. The van der Waals surface area contributed by atoms with Crippen LogP contribution in [0.4, 0.5) is 4.79 Å². The second-order valence-corrected chi connectivity index (χ2v) is 8.06. The minimum atomic E-state index is -0.511. The van der Waals surface area contributed by atoms with E-state index in [1.165, 1.54) is 0 Å². The molecule has 1 aliphatic heterocycles. The van der Waals surface area contributed by atoms with E-state index < -0.39 is 5.60 Å². The maximum absolute atomic E-state index is 12.5. The molecule has 0 unspecified atom stereocenters. The lowest BCUT2D eigenvalue weighted by Gasteiger charge is -2.30. The minimum Gasteiger partial charge on any atom is -0.444 e. The Morgan fingerprint density at radius 1 is 1.40 bits per heavy atom. The summed E-state index contributed by atoms with van der Waals surface area (Å²) in [6, 6.07) is 1.81. The van der Waals surface area contributed by atoms with Gasteiger partial charge in [0.05, 0.1) is 11.7 Å². The molecule has 1 saturated heterocycles. The van der Waals surface area contributed by atoms with E-state index in [2.05, 4.69) is 10.4 Å². The summed E-state index contributed by atoms with van der Waals surface area (Å²) in [6.45, 7) is 11.3. The molecule has 1 saturated carbocycles. The van der Waals surface area contributed by atoms with Gasteiger partial charge in [0.1, 0.15) is 11.3 Å². The Labute approximate surface area is 148 Å². The van der Waals surface area contributed by atoms with Crippen molar-refractivity contribution in [1.82, 2.24) is 20.0 Å². The van der Waals surface area contributed by atoms with Gasteiger partial charge in [0.2, 0.25) is 0 Å². The van der Waals surface area contributed by atoms with E-state index in [-0.39, 0.29) is 18.0 Å². The van der Waals surface area contributed by atoms with Crippen molar-refractivity contribution in [2.45, 2.75) is 59.2 Å². The first-order chi connectivity index (χ1) is 11.7. The highest BCUT2D eigenvalue weighted by molar-refractivity contribution is 5.92. The topological polar surface area (TPSA) is 76.5 Å². The van der Waals surface area contributed by atoms with Crippen LogP contribution in [0.15, 0.2) is 6.07 Å². The molecule has 7 nitrogen and oxygen atoms in total. The van der Waals surface area contributed by atoms with Crippen LogP contribution in [0.3, 0.4) is 0 Å². The predicted molar refractivity (Wildman–Crippen MR) is 93.3 cm³/mol. The molecule has 25 heavy (non-hydrogen) atoms.